The first-order valence-electron chi connectivity index (χ1n) is 7.88. The molecule has 116 valence electrons. The molecule has 2 rings (SSSR count). The highest BCUT2D eigenvalue weighted by Crippen LogP contribution is 2.23. The highest BCUT2D eigenvalue weighted by molar-refractivity contribution is 5.85. The highest BCUT2D eigenvalue weighted by Gasteiger charge is 2.23. The number of carbonyl (C=O) groups is 1. The molecule has 0 spiro atoms. The van der Waals surface area contributed by atoms with Crippen molar-refractivity contribution in [3.05, 3.63) is 11.9 Å². The fourth-order valence-corrected chi connectivity index (χ4v) is 2.49. The molecule has 1 unspecified atom stereocenters. The zero-order chi connectivity index (χ0) is 15.1. The van der Waals surface area contributed by atoms with E-state index >= 15 is 0 Å². The summed E-state index contributed by atoms with van der Waals surface area (Å²) in [5.74, 6) is 1.73. The molecule has 0 aliphatic carbocycles. The van der Waals surface area contributed by atoms with E-state index in [-0.39, 0.29) is 11.9 Å². The maximum atomic E-state index is 11.9. The number of amides is 1. The minimum atomic E-state index is -0.191. The molecule has 1 amide bonds. The van der Waals surface area contributed by atoms with Crippen molar-refractivity contribution in [1.29, 1.82) is 0 Å². The first kappa shape index (κ1) is 15.5. The van der Waals surface area contributed by atoms with Gasteiger partial charge in [0.05, 0.1) is 0 Å². The van der Waals surface area contributed by atoms with Crippen LogP contribution in [0.25, 0.3) is 0 Å². The normalized spacial score (nSPS) is 18.2. The maximum Gasteiger partial charge on any atom is 0.242 e. The number of hydrogen-bond donors (Lipinski definition) is 3. The van der Waals surface area contributed by atoms with Crippen molar-refractivity contribution in [2.45, 2.75) is 52.0 Å². The molecule has 0 aromatic carbocycles. The van der Waals surface area contributed by atoms with Crippen LogP contribution >= 0.6 is 0 Å². The van der Waals surface area contributed by atoms with Gasteiger partial charge in [-0.25, -0.2) is 9.97 Å². The molecule has 0 saturated carbocycles. The summed E-state index contributed by atoms with van der Waals surface area (Å²) in [6, 6.07) is -0.191. The lowest BCUT2D eigenvalue weighted by Crippen LogP contribution is -2.44. The van der Waals surface area contributed by atoms with Crippen molar-refractivity contribution < 1.29 is 4.79 Å². The standard InChI is InChI=1S/C15H25N5O/c1-3-6-11-13(16-8-4-2)18-10-19-14(11)20-12-7-5-9-17-15(12)21/h10,12H,3-9H2,1-2H3,(H,17,21)(H2,16,18,19,20). The summed E-state index contributed by atoms with van der Waals surface area (Å²) in [4.78, 5) is 20.6. The third-order valence-electron chi connectivity index (χ3n) is 3.58. The molecule has 1 aromatic heterocycles. The third-order valence-corrected chi connectivity index (χ3v) is 3.58. The highest BCUT2D eigenvalue weighted by atomic mass is 16.2. The number of piperidine rings is 1. The Morgan fingerprint density at radius 2 is 2.10 bits per heavy atom. The van der Waals surface area contributed by atoms with Gasteiger partial charge in [-0.2, -0.15) is 0 Å². The van der Waals surface area contributed by atoms with E-state index in [2.05, 4.69) is 39.8 Å². The molecule has 1 aliphatic rings. The van der Waals surface area contributed by atoms with E-state index in [9.17, 15) is 4.79 Å². The summed E-state index contributed by atoms with van der Waals surface area (Å²) >= 11 is 0. The first-order chi connectivity index (χ1) is 10.3. The van der Waals surface area contributed by atoms with Crippen molar-refractivity contribution in [3.8, 4) is 0 Å². The summed E-state index contributed by atoms with van der Waals surface area (Å²) < 4.78 is 0. The summed E-state index contributed by atoms with van der Waals surface area (Å²) in [5, 5.41) is 9.53. The average Bonchev–Trinajstić information content (AvgIpc) is 2.50. The minimum Gasteiger partial charge on any atom is -0.370 e. The predicted molar refractivity (Wildman–Crippen MR) is 84.5 cm³/mol. The fourth-order valence-electron chi connectivity index (χ4n) is 2.49. The van der Waals surface area contributed by atoms with E-state index in [1.54, 1.807) is 6.33 Å². The van der Waals surface area contributed by atoms with Crippen LogP contribution in [0.15, 0.2) is 6.33 Å². The summed E-state index contributed by atoms with van der Waals surface area (Å²) in [6.07, 6.45) is 6.35. The molecular formula is C15H25N5O. The second kappa shape index (κ2) is 7.81. The summed E-state index contributed by atoms with van der Waals surface area (Å²) in [7, 11) is 0. The Bertz CT molecular complexity index is 477. The molecule has 1 aliphatic heterocycles. The van der Waals surface area contributed by atoms with Crippen molar-refractivity contribution in [1.82, 2.24) is 15.3 Å². The lowest BCUT2D eigenvalue weighted by molar-refractivity contribution is -0.123. The Kier molecular flexibility index (Phi) is 5.78. The van der Waals surface area contributed by atoms with Gasteiger partial charge >= 0.3 is 0 Å². The number of nitrogens with zero attached hydrogens (tertiary/aromatic N) is 2. The van der Waals surface area contributed by atoms with Gasteiger partial charge in [-0.3, -0.25) is 4.79 Å². The molecule has 1 atom stereocenters. The van der Waals surface area contributed by atoms with E-state index in [1.165, 1.54) is 0 Å². The van der Waals surface area contributed by atoms with Gasteiger partial charge < -0.3 is 16.0 Å². The molecule has 1 aromatic rings. The molecule has 21 heavy (non-hydrogen) atoms. The van der Waals surface area contributed by atoms with E-state index < -0.39 is 0 Å². The molecule has 2 heterocycles. The smallest absolute Gasteiger partial charge is 0.242 e. The van der Waals surface area contributed by atoms with Gasteiger partial charge in [-0.05, 0) is 25.7 Å². The molecule has 0 radical (unpaired) electrons. The SMILES string of the molecule is CCCNc1ncnc(NC2CCCNC2=O)c1CCC. The van der Waals surface area contributed by atoms with Crippen LogP contribution in [-0.2, 0) is 11.2 Å². The first-order valence-corrected chi connectivity index (χ1v) is 7.88. The van der Waals surface area contributed by atoms with Gasteiger partial charge in [0.2, 0.25) is 5.91 Å². The van der Waals surface area contributed by atoms with Crippen LogP contribution < -0.4 is 16.0 Å². The van der Waals surface area contributed by atoms with Crippen LogP contribution in [0.5, 0.6) is 0 Å². The average molecular weight is 291 g/mol. The molecule has 6 nitrogen and oxygen atoms in total. The van der Waals surface area contributed by atoms with E-state index in [0.29, 0.717) is 0 Å². The summed E-state index contributed by atoms with van der Waals surface area (Å²) in [5.41, 5.74) is 1.08. The van der Waals surface area contributed by atoms with Gasteiger partial charge in [0, 0.05) is 18.7 Å². The summed E-state index contributed by atoms with van der Waals surface area (Å²) in [6.45, 7) is 5.91. The lowest BCUT2D eigenvalue weighted by atomic mass is 10.1. The molecule has 1 fully saturated rings. The zero-order valence-electron chi connectivity index (χ0n) is 12.9. The lowest BCUT2D eigenvalue weighted by Gasteiger charge is -2.24. The molecule has 0 bridgehead atoms. The molecular weight excluding hydrogens is 266 g/mol. The van der Waals surface area contributed by atoms with Gasteiger partial charge in [-0.1, -0.05) is 20.3 Å². The van der Waals surface area contributed by atoms with E-state index in [4.69, 9.17) is 0 Å². The van der Waals surface area contributed by atoms with Gasteiger partial charge in [-0.15, -0.1) is 0 Å². The van der Waals surface area contributed by atoms with Crippen LogP contribution in [0, 0.1) is 0 Å². The molecule has 3 N–H and O–H groups in total. The molecule has 6 heteroatoms. The number of aromatic nitrogens is 2. The second-order valence-electron chi connectivity index (χ2n) is 5.36. The van der Waals surface area contributed by atoms with Crippen molar-refractivity contribution in [3.63, 3.8) is 0 Å². The van der Waals surface area contributed by atoms with Crippen LogP contribution in [0.3, 0.4) is 0 Å². The van der Waals surface area contributed by atoms with Crippen molar-refractivity contribution in [2.75, 3.05) is 23.7 Å². The van der Waals surface area contributed by atoms with Crippen molar-refractivity contribution in [2.24, 2.45) is 0 Å². The molecule has 1 saturated heterocycles. The number of anilines is 2. The Morgan fingerprint density at radius 1 is 1.29 bits per heavy atom. The fraction of sp³-hybridized carbons (Fsp3) is 0.667. The Balaban J connectivity index is 2.18. The quantitative estimate of drug-likeness (QED) is 0.715. The van der Waals surface area contributed by atoms with E-state index in [1.807, 2.05) is 0 Å². The Labute approximate surface area is 126 Å². The number of carbonyl (C=O) groups excluding carboxylic acids is 1. The topological polar surface area (TPSA) is 78.9 Å². The van der Waals surface area contributed by atoms with Crippen LogP contribution in [-0.4, -0.2) is 35.0 Å². The Hall–Kier alpha value is -1.85. The van der Waals surface area contributed by atoms with Crippen LogP contribution in [0.4, 0.5) is 11.6 Å². The monoisotopic (exact) mass is 291 g/mol. The van der Waals surface area contributed by atoms with Gasteiger partial charge in [0.25, 0.3) is 0 Å². The van der Waals surface area contributed by atoms with Gasteiger partial charge in [0.15, 0.2) is 0 Å². The van der Waals surface area contributed by atoms with E-state index in [0.717, 1.165) is 62.4 Å². The van der Waals surface area contributed by atoms with Crippen molar-refractivity contribution >= 4 is 17.5 Å². The number of rotatable bonds is 7. The van der Waals surface area contributed by atoms with Gasteiger partial charge in [0.1, 0.15) is 24.0 Å². The zero-order valence-corrected chi connectivity index (χ0v) is 12.9. The van der Waals surface area contributed by atoms with Crippen LogP contribution in [0.2, 0.25) is 0 Å². The second-order valence-corrected chi connectivity index (χ2v) is 5.36. The maximum absolute atomic E-state index is 11.9. The number of hydrogen-bond acceptors (Lipinski definition) is 5. The minimum absolute atomic E-state index is 0.0605. The largest absolute Gasteiger partial charge is 0.370 e. The van der Waals surface area contributed by atoms with Crippen LogP contribution in [0.1, 0.15) is 45.1 Å². The third kappa shape index (κ3) is 4.06. The Morgan fingerprint density at radius 3 is 2.81 bits per heavy atom. The predicted octanol–water partition coefficient (Wildman–Crippen LogP) is 1.94. The number of nitrogens with one attached hydrogen (secondary N) is 3.